The molecule has 0 radical (unpaired) electrons. The lowest BCUT2D eigenvalue weighted by molar-refractivity contribution is -0.122. The third kappa shape index (κ3) is 4.01. The predicted molar refractivity (Wildman–Crippen MR) is 118 cm³/mol. The Balaban J connectivity index is 1.54. The van der Waals surface area contributed by atoms with E-state index in [4.69, 9.17) is 4.42 Å². The van der Waals surface area contributed by atoms with Gasteiger partial charge in [0.25, 0.3) is 15.9 Å². The van der Waals surface area contributed by atoms with Crippen LogP contribution in [0.15, 0.2) is 62.8 Å². The normalized spacial score (nSPS) is 17.5. The van der Waals surface area contributed by atoms with Gasteiger partial charge in [-0.1, -0.05) is 38.1 Å². The number of rotatable bonds is 7. The second-order valence-corrected chi connectivity index (χ2v) is 8.97. The molecule has 4 rings (SSSR count). The Kier molecular flexibility index (Phi) is 5.79. The zero-order valence-electron chi connectivity index (χ0n) is 17.5. The number of nitrogens with one attached hydrogen (secondary N) is 2. The van der Waals surface area contributed by atoms with Gasteiger partial charge in [0.15, 0.2) is 5.58 Å². The minimum Gasteiger partial charge on any atom is -0.434 e. The molecule has 0 bridgehead atoms. The fraction of sp³-hybridized carbons (Fsp3) is 0.273. The van der Waals surface area contributed by atoms with E-state index in [0.717, 1.165) is 0 Å². The van der Waals surface area contributed by atoms with Gasteiger partial charge < -0.3 is 9.73 Å². The second kappa shape index (κ2) is 8.54. The fourth-order valence-corrected chi connectivity index (χ4v) is 4.71. The fourth-order valence-electron chi connectivity index (χ4n) is 3.47. The molecule has 0 unspecified atom stereocenters. The van der Waals surface area contributed by atoms with Gasteiger partial charge in [-0.3, -0.25) is 19.3 Å². The zero-order chi connectivity index (χ0) is 22.9. The highest BCUT2D eigenvalue weighted by Crippen LogP contribution is 2.23. The monoisotopic (exact) mass is 454 g/mol. The Labute approximate surface area is 185 Å². The first-order valence-electron chi connectivity index (χ1n) is 10.2. The molecule has 0 fully saturated rings. The van der Waals surface area contributed by atoms with Crippen molar-refractivity contribution in [3.8, 4) is 0 Å². The molecule has 32 heavy (non-hydrogen) atoms. The molecule has 10 heteroatoms. The first-order valence-corrected chi connectivity index (χ1v) is 11.7. The van der Waals surface area contributed by atoms with Crippen molar-refractivity contribution in [3.05, 3.63) is 60.0 Å². The SMILES string of the molecule is CC[C@H](NC(=O)[C@@H](CC)N=C1NS(=O)(=O)c2ccccc21)C(=O)c1nc2ccccc2o1. The highest BCUT2D eigenvalue weighted by atomic mass is 32.2. The molecule has 2 atom stereocenters. The summed E-state index contributed by atoms with van der Waals surface area (Å²) in [6, 6.07) is 11.7. The zero-order valence-corrected chi connectivity index (χ0v) is 18.3. The minimum absolute atomic E-state index is 0.0739. The van der Waals surface area contributed by atoms with Crippen molar-refractivity contribution in [2.24, 2.45) is 4.99 Å². The molecule has 1 amide bonds. The molecule has 0 saturated carbocycles. The first kappa shape index (κ1) is 21.7. The van der Waals surface area contributed by atoms with E-state index in [1.165, 1.54) is 6.07 Å². The van der Waals surface area contributed by atoms with Crippen LogP contribution < -0.4 is 10.0 Å². The number of nitrogens with zero attached hydrogens (tertiary/aromatic N) is 2. The van der Waals surface area contributed by atoms with Crippen molar-refractivity contribution in [3.63, 3.8) is 0 Å². The summed E-state index contributed by atoms with van der Waals surface area (Å²) in [4.78, 5) is 34.5. The van der Waals surface area contributed by atoms with E-state index in [-0.39, 0.29) is 16.6 Å². The van der Waals surface area contributed by atoms with Gasteiger partial charge in [-0.15, -0.1) is 0 Å². The topological polar surface area (TPSA) is 131 Å². The lowest BCUT2D eigenvalue weighted by Gasteiger charge is -2.17. The number of amidine groups is 1. The Bertz CT molecular complexity index is 1300. The first-order chi connectivity index (χ1) is 15.3. The number of carbonyl (C=O) groups excluding carboxylic acids is 2. The van der Waals surface area contributed by atoms with Crippen LogP contribution in [0.3, 0.4) is 0 Å². The Hall–Kier alpha value is -3.53. The maximum Gasteiger partial charge on any atom is 0.266 e. The highest BCUT2D eigenvalue weighted by molar-refractivity contribution is 7.90. The largest absolute Gasteiger partial charge is 0.434 e. The minimum atomic E-state index is -3.71. The molecular weight excluding hydrogens is 432 g/mol. The van der Waals surface area contributed by atoms with Crippen molar-refractivity contribution >= 4 is 38.6 Å². The molecule has 3 aromatic rings. The Morgan fingerprint density at radius 3 is 2.53 bits per heavy atom. The van der Waals surface area contributed by atoms with Crippen LogP contribution in [0.2, 0.25) is 0 Å². The number of benzene rings is 2. The molecule has 0 aliphatic carbocycles. The number of carbonyl (C=O) groups is 2. The molecular formula is C22H22N4O5S. The highest BCUT2D eigenvalue weighted by Gasteiger charge is 2.32. The second-order valence-electron chi connectivity index (χ2n) is 7.32. The van der Waals surface area contributed by atoms with Crippen LogP contribution in [0.4, 0.5) is 0 Å². The third-order valence-corrected chi connectivity index (χ3v) is 6.58. The summed E-state index contributed by atoms with van der Waals surface area (Å²) in [6.07, 6.45) is 0.637. The van der Waals surface area contributed by atoms with Crippen molar-refractivity contribution in [1.29, 1.82) is 0 Å². The van der Waals surface area contributed by atoms with Gasteiger partial charge in [-0.25, -0.2) is 13.4 Å². The summed E-state index contributed by atoms with van der Waals surface area (Å²) in [5, 5.41) is 2.71. The number of para-hydroxylation sites is 2. The lowest BCUT2D eigenvalue weighted by atomic mass is 10.1. The number of sulfonamides is 1. The molecule has 1 aliphatic rings. The van der Waals surface area contributed by atoms with Crippen molar-refractivity contribution in [1.82, 2.24) is 15.0 Å². The number of aromatic nitrogens is 1. The number of ketones is 1. The van der Waals surface area contributed by atoms with E-state index in [1.807, 2.05) is 0 Å². The molecule has 0 spiro atoms. The third-order valence-electron chi connectivity index (χ3n) is 5.18. The van der Waals surface area contributed by atoms with E-state index < -0.39 is 33.8 Å². The number of hydrogen-bond acceptors (Lipinski definition) is 7. The molecule has 1 aromatic heterocycles. The van der Waals surface area contributed by atoms with Crippen molar-refractivity contribution in [2.75, 3.05) is 0 Å². The standard InChI is InChI=1S/C22H22N4O5S/c1-3-14(19(27)22-25-16-10-6-7-11-17(16)31-22)24-21(28)15(4-2)23-20-13-9-5-8-12-18(13)32(29,30)26-20/h5-12,14-15H,3-4H2,1-2H3,(H,23,26)(H,24,28)/t14-,15+/m0/s1. The molecule has 166 valence electrons. The Morgan fingerprint density at radius 1 is 1.09 bits per heavy atom. The van der Waals surface area contributed by atoms with Gasteiger partial charge in [-0.2, -0.15) is 0 Å². The maximum atomic E-state index is 12.9. The van der Waals surface area contributed by atoms with Gasteiger partial charge in [0, 0.05) is 5.56 Å². The van der Waals surface area contributed by atoms with Crippen molar-refractivity contribution < 1.29 is 22.4 Å². The van der Waals surface area contributed by atoms with E-state index in [9.17, 15) is 18.0 Å². The number of aliphatic imine (C=N–C) groups is 1. The summed E-state index contributed by atoms with van der Waals surface area (Å²) in [5.41, 5.74) is 1.46. The molecule has 1 aliphatic heterocycles. The average molecular weight is 455 g/mol. The summed E-state index contributed by atoms with van der Waals surface area (Å²) < 4.78 is 32.5. The molecule has 2 aromatic carbocycles. The van der Waals surface area contributed by atoms with Gasteiger partial charge in [0.1, 0.15) is 17.4 Å². The van der Waals surface area contributed by atoms with Crippen LogP contribution >= 0.6 is 0 Å². The summed E-state index contributed by atoms with van der Waals surface area (Å²) >= 11 is 0. The van der Waals surface area contributed by atoms with Crippen molar-refractivity contribution in [2.45, 2.75) is 43.7 Å². The number of hydrogen-bond donors (Lipinski definition) is 2. The van der Waals surface area contributed by atoms with Gasteiger partial charge in [0.2, 0.25) is 11.7 Å². The van der Waals surface area contributed by atoms with Crippen LogP contribution in [0.5, 0.6) is 0 Å². The number of amides is 1. The van der Waals surface area contributed by atoms with Crippen LogP contribution in [0, 0.1) is 0 Å². The Morgan fingerprint density at radius 2 is 1.81 bits per heavy atom. The van der Waals surface area contributed by atoms with Gasteiger partial charge in [0.05, 0.1) is 10.9 Å². The average Bonchev–Trinajstić information content (AvgIpc) is 3.34. The number of Topliss-reactive ketones (excluding diaryl/α,β-unsaturated/α-hetero) is 1. The molecule has 9 nitrogen and oxygen atoms in total. The quantitative estimate of drug-likeness (QED) is 0.527. The van der Waals surface area contributed by atoms with Gasteiger partial charge in [-0.05, 0) is 37.1 Å². The summed E-state index contributed by atoms with van der Waals surface area (Å²) in [6.45, 7) is 3.52. The number of fused-ring (bicyclic) bond motifs is 2. The lowest BCUT2D eigenvalue weighted by Crippen LogP contribution is -2.45. The summed E-state index contributed by atoms with van der Waals surface area (Å²) in [5.74, 6) is -0.887. The molecule has 2 N–H and O–H groups in total. The number of oxazole rings is 1. The smallest absolute Gasteiger partial charge is 0.266 e. The maximum absolute atomic E-state index is 12.9. The van der Waals surface area contributed by atoms with Crippen LogP contribution in [-0.2, 0) is 14.8 Å². The molecule has 2 heterocycles. The molecule has 0 saturated heterocycles. The van der Waals surface area contributed by atoms with Crippen LogP contribution in [-0.4, -0.2) is 43.0 Å². The predicted octanol–water partition coefficient (Wildman–Crippen LogP) is 2.42. The van der Waals surface area contributed by atoms with Gasteiger partial charge >= 0.3 is 0 Å². The van der Waals surface area contributed by atoms with E-state index in [2.05, 4.69) is 20.0 Å². The van der Waals surface area contributed by atoms with Crippen LogP contribution in [0.1, 0.15) is 42.9 Å². The van der Waals surface area contributed by atoms with Crippen LogP contribution in [0.25, 0.3) is 11.1 Å². The van der Waals surface area contributed by atoms with E-state index >= 15 is 0 Å². The van der Waals surface area contributed by atoms with E-state index in [0.29, 0.717) is 29.5 Å². The van der Waals surface area contributed by atoms with E-state index in [1.54, 1.807) is 56.3 Å². The summed E-state index contributed by atoms with van der Waals surface area (Å²) in [7, 11) is -3.71.